The molecule has 0 fully saturated rings. The number of aryl methyl sites for hydroxylation is 1. The molecule has 8 heteroatoms. The van der Waals surface area contributed by atoms with Gasteiger partial charge in [-0.15, -0.1) is 0 Å². The molecule has 164 valence electrons. The summed E-state index contributed by atoms with van der Waals surface area (Å²) in [6, 6.07) is 14.7. The molecule has 1 N–H and O–H groups in total. The minimum Gasteiger partial charge on any atom is -0.497 e. The molecule has 0 aliphatic rings. The highest BCUT2D eigenvalue weighted by molar-refractivity contribution is 5.94. The van der Waals surface area contributed by atoms with E-state index in [2.05, 4.69) is 10.4 Å². The highest BCUT2D eigenvalue weighted by atomic mass is 16.5. The van der Waals surface area contributed by atoms with Gasteiger partial charge in [0.1, 0.15) is 22.9 Å². The Balaban J connectivity index is 1.78. The number of benzene rings is 2. The third kappa shape index (κ3) is 4.97. The predicted octanol–water partition coefficient (Wildman–Crippen LogP) is 3.23. The summed E-state index contributed by atoms with van der Waals surface area (Å²) in [5.41, 5.74) is 2.68. The van der Waals surface area contributed by atoms with Crippen LogP contribution in [-0.2, 0) is 11.8 Å². The van der Waals surface area contributed by atoms with Gasteiger partial charge < -0.3 is 24.3 Å². The number of nitrogens with zero attached hydrogens (tertiary/aromatic N) is 2. The normalized spacial score (nSPS) is 11.6. The summed E-state index contributed by atoms with van der Waals surface area (Å²) in [4.78, 5) is 12.9. The number of hydrogen-bond acceptors (Lipinski definition) is 6. The van der Waals surface area contributed by atoms with Crippen molar-refractivity contribution in [3.05, 3.63) is 59.8 Å². The molecule has 3 aromatic rings. The van der Waals surface area contributed by atoms with E-state index in [1.54, 1.807) is 47.6 Å². The van der Waals surface area contributed by atoms with Gasteiger partial charge in [-0.05, 0) is 42.0 Å². The molecule has 1 heterocycles. The van der Waals surface area contributed by atoms with Crippen LogP contribution in [0.5, 0.6) is 17.2 Å². The molecule has 1 unspecified atom stereocenters. The van der Waals surface area contributed by atoms with Gasteiger partial charge in [0.25, 0.3) is 5.91 Å². The topological polar surface area (TPSA) is 83.8 Å². The SMILES string of the molecule is COc1cccc(C(CNC(=O)c2cc(-c3cc(OC)ccc3OC)nn2C)OC)c1. The number of amides is 1. The van der Waals surface area contributed by atoms with Crippen molar-refractivity contribution in [3.8, 4) is 28.5 Å². The molecular weight excluding hydrogens is 398 g/mol. The maximum absolute atomic E-state index is 12.9. The fourth-order valence-electron chi connectivity index (χ4n) is 3.28. The molecule has 0 radical (unpaired) electrons. The summed E-state index contributed by atoms with van der Waals surface area (Å²) in [7, 11) is 8.12. The highest BCUT2D eigenvalue weighted by Crippen LogP contribution is 2.33. The molecule has 1 amide bonds. The number of rotatable bonds is 9. The quantitative estimate of drug-likeness (QED) is 0.567. The lowest BCUT2D eigenvalue weighted by Crippen LogP contribution is -2.30. The van der Waals surface area contributed by atoms with Crippen LogP contribution in [0.3, 0.4) is 0 Å². The number of nitrogens with one attached hydrogen (secondary N) is 1. The molecule has 0 bridgehead atoms. The Kier molecular flexibility index (Phi) is 7.15. The average molecular weight is 425 g/mol. The zero-order valence-corrected chi connectivity index (χ0v) is 18.3. The predicted molar refractivity (Wildman–Crippen MR) is 117 cm³/mol. The van der Waals surface area contributed by atoms with Gasteiger partial charge in [-0.1, -0.05) is 12.1 Å². The van der Waals surface area contributed by atoms with E-state index in [9.17, 15) is 4.79 Å². The summed E-state index contributed by atoms with van der Waals surface area (Å²) in [5.74, 6) is 1.79. The fraction of sp³-hybridized carbons (Fsp3) is 0.304. The van der Waals surface area contributed by atoms with E-state index in [4.69, 9.17) is 18.9 Å². The largest absolute Gasteiger partial charge is 0.497 e. The van der Waals surface area contributed by atoms with Crippen molar-refractivity contribution in [2.45, 2.75) is 6.10 Å². The molecule has 1 atom stereocenters. The molecule has 31 heavy (non-hydrogen) atoms. The van der Waals surface area contributed by atoms with Crippen LogP contribution in [0.15, 0.2) is 48.5 Å². The zero-order valence-electron chi connectivity index (χ0n) is 18.3. The third-order valence-corrected chi connectivity index (χ3v) is 4.99. The minimum absolute atomic E-state index is 0.256. The van der Waals surface area contributed by atoms with E-state index in [1.165, 1.54) is 4.68 Å². The van der Waals surface area contributed by atoms with E-state index < -0.39 is 0 Å². The second-order valence-corrected chi connectivity index (χ2v) is 6.82. The van der Waals surface area contributed by atoms with Crippen LogP contribution in [0.25, 0.3) is 11.3 Å². The van der Waals surface area contributed by atoms with Crippen molar-refractivity contribution >= 4 is 5.91 Å². The fourth-order valence-corrected chi connectivity index (χ4v) is 3.28. The smallest absolute Gasteiger partial charge is 0.269 e. The first-order valence-corrected chi connectivity index (χ1v) is 9.72. The first kappa shape index (κ1) is 22.2. The van der Waals surface area contributed by atoms with Crippen molar-refractivity contribution in [2.24, 2.45) is 7.05 Å². The average Bonchev–Trinajstić information content (AvgIpc) is 3.20. The van der Waals surface area contributed by atoms with Crippen LogP contribution in [0.4, 0.5) is 0 Å². The van der Waals surface area contributed by atoms with Crippen molar-refractivity contribution < 1.29 is 23.7 Å². The van der Waals surface area contributed by atoms with Gasteiger partial charge in [-0.25, -0.2) is 0 Å². The van der Waals surface area contributed by atoms with E-state index in [1.807, 2.05) is 36.4 Å². The molecular formula is C23H27N3O5. The molecule has 0 saturated carbocycles. The molecule has 8 nitrogen and oxygen atoms in total. The van der Waals surface area contributed by atoms with Crippen LogP contribution in [0, 0.1) is 0 Å². The Morgan fingerprint density at radius 2 is 1.74 bits per heavy atom. The molecule has 0 aliphatic heterocycles. The summed E-state index contributed by atoms with van der Waals surface area (Å²) >= 11 is 0. The summed E-state index contributed by atoms with van der Waals surface area (Å²) in [6.45, 7) is 0.297. The minimum atomic E-state index is -0.315. The third-order valence-electron chi connectivity index (χ3n) is 4.99. The molecule has 0 saturated heterocycles. The van der Waals surface area contributed by atoms with Gasteiger partial charge in [-0.2, -0.15) is 5.10 Å². The van der Waals surface area contributed by atoms with Crippen LogP contribution in [0.2, 0.25) is 0 Å². The van der Waals surface area contributed by atoms with Gasteiger partial charge in [0.2, 0.25) is 0 Å². The van der Waals surface area contributed by atoms with Crippen LogP contribution in [-0.4, -0.2) is 50.7 Å². The lowest BCUT2D eigenvalue weighted by Gasteiger charge is -2.17. The van der Waals surface area contributed by atoms with Gasteiger partial charge in [0, 0.05) is 26.3 Å². The van der Waals surface area contributed by atoms with E-state index in [0.717, 1.165) is 16.9 Å². The number of methoxy groups -OCH3 is 4. The first-order chi connectivity index (χ1) is 15.0. The van der Waals surface area contributed by atoms with Crippen LogP contribution < -0.4 is 19.5 Å². The number of carbonyl (C=O) groups is 1. The molecule has 1 aromatic heterocycles. The number of carbonyl (C=O) groups excluding carboxylic acids is 1. The van der Waals surface area contributed by atoms with Crippen molar-refractivity contribution in [2.75, 3.05) is 35.0 Å². The molecule has 3 rings (SSSR count). The van der Waals surface area contributed by atoms with E-state index >= 15 is 0 Å². The summed E-state index contributed by atoms with van der Waals surface area (Å²) < 4.78 is 23.1. The Bertz CT molecular complexity index is 1050. The zero-order chi connectivity index (χ0) is 22.4. The second kappa shape index (κ2) is 9.99. The summed E-state index contributed by atoms with van der Waals surface area (Å²) in [5, 5.41) is 7.41. The number of ether oxygens (including phenoxy) is 4. The van der Waals surface area contributed by atoms with Crippen LogP contribution in [0.1, 0.15) is 22.2 Å². The second-order valence-electron chi connectivity index (χ2n) is 6.82. The maximum atomic E-state index is 12.9. The lowest BCUT2D eigenvalue weighted by atomic mass is 10.1. The Morgan fingerprint density at radius 3 is 2.42 bits per heavy atom. The number of aromatic nitrogens is 2. The van der Waals surface area contributed by atoms with Gasteiger partial charge in [0.05, 0.1) is 33.1 Å². The van der Waals surface area contributed by atoms with E-state index in [0.29, 0.717) is 29.4 Å². The standard InChI is InChI=1S/C23H27N3O5/c1-26-20(13-19(25-26)18-12-17(29-3)9-10-21(18)30-4)23(27)24-14-22(31-5)15-7-6-8-16(11-15)28-2/h6-13,22H,14H2,1-5H3,(H,24,27). The molecule has 0 aliphatic carbocycles. The van der Waals surface area contributed by atoms with Crippen LogP contribution >= 0.6 is 0 Å². The maximum Gasteiger partial charge on any atom is 0.269 e. The van der Waals surface area contributed by atoms with Crippen molar-refractivity contribution in [3.63, 3.8) is 0 Å². The molecule has 2 aromatic carbocycles. The van der Waals surface area contributed by atoms with Gasteiger partial charge >= 0.3 is 0 Å². The van der Waals surface area contributed by atoms with Gasteiger partial charge in [0.15, 0.2) is 0 Å². The van der Waals surface area contributed by atoms with E-state index in [-0.39, 0.29) is 12.0 Å². The van der Waals surface area contributed by atoms with Crippen molar-refractivity contribution in [1.29, 1.82) is 0 Å². The Labute approximate surface area is 181 Å². The monoisotopic (exact) mass is 425 g/mol. The number of hydrogen-bond donors (Lipinski definition) is 1. The summed E-state index contributed by atoms with van der Waals surface area (Å²) in [6.07, 6.45) is -0.315. The lowest BCUT2D eigenvalue weighted by molar-refractivity contribution is 0.0820. The highest BCUT2D eigenvalue weighted by Gasteiger charge is 2.19. The Hall–Kier alpha value is -3.52. The Morgan fingerprint density at radius 1 is 1.00 bits per heavy atom. The first-order valence-electron chi connectivity index (χ1n) is 9.72. The van der Waals surface area contributed by atoms with Gasteiger partial charge in [-0.3, -0.25) is 9.48 Å². The molecule has 0 spiro atoms. The van der Waals surface area contributed by atoms with Crippen molar-refractivity contribution in [1.82, 2.24) is 15.1 Å².